The number of hydrogen-bond acceptors (Lipinski definition) is 2. The first-order chi connectivity index (χ1) is 7.77. The first kappa shape index (κ1) is 10.9. The highest BCUT2D eigenvalue weighted by molar-refractivity contribution is 6.05. The van der Waals surface area contributed by atoms with Gasteiger partial charge in [-0.05, 0) is 31.0 Å². The van der Waals surface area contributed by atoms with Crippen LogP contribution in [0, 0.1) is 6.92 Å². The number of aryl methyl sites for hydroxylation is 2. The fraction of sp³-hybridized carbons (Fsp3) is 0.385. The number of nitrogens with one attached hydrogen (secondary N) is 1. The molecule has 0 saturated carbocycles. The van der Waals surface area contributed by atoms with Crippen LogP contribution in [0.1, 0.15) is 41.9 Å². The molecule has 0 unspecified atom stereocenters. The molecule has 3 heteroatoms. The number of nitrogens with zero attached hydrogens (tertiary/aromatic N) is 1. The summed E-state index contributed by atoms with van der Waals surface area (Å²) in [6.07, 6.45) is 1.52. The van der Waals surface area contributed by atoms with Gasteiger partial charge in [0.2, 0.25) is 0 Å². The van der Waals surface area contributed by atoms with Crippen LogP contribution in [0.15, 0.2) is 12.1 Å². The van der Waals surface area contributed by atoms with Crippen molar-refractivity contribution < 1.29 is 4.79 Å². The van der Waals surface area contributed by atoms with Gasteiger partial charge in [-0.25, -0.2) is 0 Å². The zero-order valence-corrected chi connectivity index (χ0v) is 9.92. The summed E-state index contributed by atoms with van der Waals surface area (Å²) in [5.74, 6) is 0.266. The van der Waals surface area contributed by atoms with Crippen LogP contribution in [-0.4, -0.2) is 16.0 Å². The van der Waals surface area contributed by atoms with Gasteiger partial charge in [-0.15, -0.1) is 0 Å². The average Bonchev–Trinajstić information content (AvgIpc) is 2.87. The van der Waals surface area contributed by atoms with Gasteiger partial charge in [-0.3, -0.25) is 9.89 Å². The number of rotatable bonds is 0. The molecule has 0 amide bonds. The van der Waals surface area contributed by atoms with Crippen molar-refractivity contribution in [2.45, 2.75) is 33.6 Å². The fourth-order valence-electron chi connectivity index (χ4n) is 2.24. The standard InChI is InChI=1S/C11H10N2O.C2H6/c1-6-11-8-3-5-10(14)7(8)2-4-9(11)13-12-6;1-2/h2,4H,3,5H2,1H3,(H,12,13);1-2H3. The second kappa shape index (κ2) is 4.08. The Morgan fingerprint density at radius 1 is 1.25 bits per heavy atom. The molecule has 2 aromatic rings. The second-order valence-corrected chi connectivity index (χ2v) is 3.76. The highest BCUT2D eigenvalue weighted by Gasteiger charge is 2.22. The van der Waals surface area contributed by atoms with Crippen LogP contribution in [0.5, 0.6) is 0 Å². The van der Waals surface area contributed by atoms with Gasteiger partial charge in [0.15, 0.2) is 5.78 Å². The molecule has 0 aliphatic heterocycles. The zero-order chi connectivity index (χ0) is 11.7. The zero-order valence-electron chi connectivity index (χ0n) is 9.92. The van der Waals surface area contributed by atoms with Crippen LogP contribution in [0.3, 0.4) is 0 Å². The molecule has 3 nitrogen and oxygen atoms in total. The fourth-order valence-corrected chi connectivity index (χ4v) is 2.24. The Balaban J connectivity index is 0.000000457. The molecule has 1 aliphatic rings. The molecule has 1 aliphatic carbocycles. The van der Waals surface area contributed by atoms with Gasteiger partial charge in [0.1, 0.15) is 0 Å². The van der Waals surface area contributed by atoms with E-state index in [1.165, 1.54) is 5.56 Å². The largest absolute Gasteiger partial charge is 0.294 e. The third kappa shape index (κ3) is 1.43. The SMILES string of the molecule is CC.Cc1[nH]nc2ccc3c(c12)CCC3=O. The van der Waals surface area contributed by atoms with E-state index in [1.807, 2.05) is 32.9 Å². The lowest BCUT2D eigenvalue weighted by Crippen LogP contribution is -1.90. The van der Waals surface area contributed by atoms with E-state index in [-0.39, 0.29) is 5.78 Å². The molecule has 16 heavy (non-hydrogen) atoms. The topological polar surface area (TPSA) is 45.8 Å². The van der Waals surface area contributed by atoms with E-state index in [2.05, 4.69) is 10.2 Å². The number of H-pyrrole nitrogens is 1. The molecule has 1 aromatic heterocycles. The molecule has 1 heterocycles. The molecule has 0 atom stereocenters. The summed E-state index contributed by atoms with van der Waals surface area (Å²) >= 11 is 0. The van der Waals surface area contributed by atoms with Crippen molar-refractivity contribution in [1.82, 2.24) is 10.2 Å². The third-order valence-corrected chi connectivity index (χ3v) is 2.91. The van der Waals surface area contributed by atoms with Crippen LogP contribution in [0.4, 0.5) is 0 Å². The number of fused-ring (bicyclic) bond motifs is 3. The van der Waals surface area contributed by atoms with E-state index < -0.39 is 0 Å². The van der Waals surface area contributed by atoms with Crippen molar-refractivity contribution >= 4 is 16.7 Å². The van der Waals surface area contributed by atoms with Crippen molar-refractivity contribution in [3.8, 4) is 0 Å². The number of aromatic nitrogens is 2. The Morgan fingerprint density at radius 2 is 2.00 bits per heavy atom. The highest BCUT2D eigenvalue weighted by atomic mass is 16.1. The van der Waals surface area contributed by atoms with Gasteiger partial charge < -0.3 is 0 Å². The van der Waals surface area contributed by atoms with E-state index in [0.717, 1.165) is 28.6 Å². The van der Waals surface area contributed by atoms with Gasteiger partial charge in [-0.2, -0.15) is 5.10 Å². The van der Waals surface area contributed by atoms with Crippen LogP contribution in [0.2, 0.25) is 0 Å². The Morgan fingerprint density at radius 3 is 2.75 bits per heavy atom. The van der Waals surface area contributed by atoms with Crippen LogP contribution in [-0.2, 0) is 6.42 Å². The number of Topliss-reactive ketones (excluding diaryl/α,β-unsaturated/α-hetero) is 1. The predicted octanol–water partition coefficient (Wildman–Crippen LogP) is 3.03. The monoisotopic (exact) mass is 216 g/mol. The summed E-state index contributed by atoms with van der Waals surface area (Å²) in [5, 5.41) is 8.29. The minimum atomic E-state index is 0.266. The molecule has 1 N–H and O–H groups in total. The van der Waals surface area contributed by atoms with Crippen LogP contribution in [0.25, 0.3) is 10.9 Å². The molecule has 0 fully saturated rings. The number of benzene rings is 1. The number of carbonyl (C=O) groups is 1. The first-order valence-electron chi connectivity index (χ1n) is 5.77. The average molecular weight is 216 g/mol. The molecule has 84 valence electrons. The maximum atomic E-state index is 11.5. The second-order valence-electron chi connectivity index (χ2n) is 3.76. The number of carbonyl (C=O) groups excluding carboxylic acids is 1. The summed E-state index contributed by atoms with van der Waals surface area (Å²) in [6.45, 7) is 6.00. The lowest BCUT2D eigenvalue weighted by atomic mass is 10.0. The molecule has 0 bridgehead atoms. The van der Waals surface area contributed by atoms with E-state index in [4.69, 9.17) is 0 Å². The minimum absolute atomic E-state index is 0.266. The molecule has 0 saturated heterocycles. The van der Waals surface area contributed by atoms with E-state index >= 15 is 0 Å². The Hall–Kier alpha value is -1.64. The van der Waals surface area contributed by atoms with Gasteiger partial charge in [0.05, 0.1) is 5.52 Å². The lowest BCUT2D eigenvalue weighted by Gasteiger charge is -1.99. The van der Waals surface area contributed by atoms with Gasteiger partial charge in [0, 0.05) is 23.1 Å². The van der Waals surface area contributed by atoms with Crippen LogP contribution >= 0.6 is 0 Å². The summed E-state index contributed by atoms with van der Waals surface area (Å²) in [4.78, 5) is 11.5. The maximum absolute atomic E-state index is 11.5. The number of ketones is 1. The quantitative estimate of drug-likeness (QED) is 0.735. The summed E-state index contributed by atoms with van der Waals surface area (Å²) in [7, 11) is 0. The van der Waals surface area contributed by atoms with Gasteiger partial charge in [0.25, 0.3) is 0 Å². The normalized spacial score (nSPS) is 13.6. The third-order valence-electron chi connectivity index (χ3n) is 2.91. The molecule has 3 rings (SSSR count). The molecule has 0 radical (unpaired) electrons. The van der Waals surface area contributed by atoms with E-state index in [9.17, 15) is 4.79 Å². The molecule has 1 aromatic carbocycles. The number of hydrogen-bond donors (Lipinski definition) is 1. The van der Waals surface area contributed by atoms with E-state index in [1.54, 1.807) is 0 Å². The van der Waals surface area contributed by atoms with Crippen molar-refractivity contribution in [2.75, 3.05) is 0 Å². The van der Waals surface area contributed by atoms with Crippen molar-refractivity contribution in [3.05, 3.63) is 29.0 Å². The Labute approximate surface area is 94.9 Å². The van der Waals surface area contributed by atoms with E-state index in [0.29, 0.717) is 6.42 Å². The van der Waals surface area contributed by atoms with Crippen LogP contribution < -0.4 is 0 Å². The smallest absolute Gasteiger partial charge is 0.163 e. The minimum Gasteiger partial charge on any atom is -0.294 e. The predicted molar refractivity (Wildman–Crippen MR) is 64.8 cm³/mol. The Kier molecular flexibility index (Phi) is 2.77. The summed E-state index contributed by atoms with van der Waals surface area (Å²) < 4.78 is 0. The summed E-state index contributed by atoms with van der Waals surface area (Å²) in [6, 6.07) is 3.81. The lowest BCUT2D eigenvalue weighted by molar-refractivity contribution is 0.0994. The highest BCUT2D eigenvalue weighted by Crippen LogP contribution is 2.30. The molecular formula is C13H16N2O. The Bertz CT molecular complexity index is 540. The van der Waals surface area contributed by atoms with Crippen molar-refractivity contribution in [3.63, 3.8) is 0 Å². The van der Waals surface area contributed by atoms with Gasteiger partial charge in [-0.1, -0.05) is 13.8 Å². The molecular weight excluding hydrogens is 200 g/mol. The first-order valence-corrected chi connectivity index (χ1v) is 5.77. The number of aromatic amines is 1. The van der Waals surface area contributed by atoms with Gasteiger partial charge >= 0.3 is 0 Å². The van der Waals surface area contributed by atoms with Crippen molar-refractivity contribution in [1.29, 1.82) is 0 Å². The molecule has 0 spiro atoms. The summed E-state index contributed by atoms with van der Waals surface area (Å²) in [5.41, 5.74) is 4.10. The maximum Gasteiger partial charge on any atom is 0.163 e. The van der Waals surface area contributed by atoms with Crippen molar-refractivity contribution in [2.24, 2.45) is 0 Å².